The summed E-state index contributed by atoms with van der Waals surface area (Å²) in [6.45, 7) is 6.15. The molecule has 1 saturated heterocycles. The molecule has 0 saturated carbocycles. The van der Waals surface area contributed by atoms with Crippen LogP contribution in [0.3, 0.4) is 0 Å². The van der Waals surface area contributed by atoms with Gasteiger partial charge in [0, 0.05) is 30.6 Å². The van der Waals surface area contributed by atoms with Gasteiger partial charge in [-0.15, -0.1) is 0 Å². The molecule has 0 bridgehead atoms. The van der Waals surface area contributed by atoms with E-state index in [9.17, 15) is 0 Å². The number of piperidine rings is 1. The Morgan fingerprint density at radius 2 is 2.40 bits per heavy atom. The monoisotopic (exact) mass is 212 g/mol. The molecule has 5 heteroatoms. The lowest BCUT2D eigenvalue weighted by molar-refractivity contribution is 0.0473. The van der Waals surface area contributed by atoms with E-state index in [0.717, 1.165) is 26.3 Å². The van der Waals surface area contributed by atoms with Crippen LogP contribution in [0.25, 0.3) is 10.4 Å². The van der Waals surface area contributed by atoms with E-state index in [-0.39, 0.29) is 0 Å². The Morgan fingerprint density at radius 3 is 3.13 bits per heavy atom. The number of ether oxygens (including phenoxy) is 1. The van der Waals surface area contributed by atoms with Crippen LogP contribution in [0.1, 0.15) is 26.2 Å². The van der Waals surface area contributed by atoms with Crippen LogP contribution in [-0.4, -0.2) is 43.8 Å². The lowest BCUT2D eigenvalue weighted by Gasteiger charge is -2.35. The summed E-state index contributed by atoms with van der Waals surface area (Å²) in [5.41, 5.74) is 8.22. The third-order valence-corrected chi connectivity index (χ3v) is 2.81. The minimum absolute atomic E-state index is 0.521. The van der Waals surface area contributed by atoms with Gasteiger partial charge < -0.3 is 4.74 Å². The van der Waals surface area contributed by atoms with Gasteiger partial charge in [0.15, 0.2) is 0 Å². The maximum absolute atomic E-state index is 8.22. The molecule has 0 amide bonds. The van der Waals surface area contributed by atoms with E-state index >= 15 is 0 Å². The van der Waals surface area contributed by atoms with E-state index < -0.39 is 0 Å². The molecule has 0 aliphatic carbocycles. The van der Waals surface area contributed by atoms with Crippen molar-refractivity contribution >= 4 is 0 Å². The average Bonchev–Trinajstić information content (AvgIpc) is 2.28. The lowest BCUT2D eigenvalue weighted by Crippen LogP contribution is -2.43. The lowest BCUT2D eigenvalue weighted by atomic mass is 10.0. The average molecular weight is 212 g/mol. The van der Waals surface area contributed by atoms with Crippen molar-refractivity contribution in [1.29, 1.82) is 0 Å². The summed E-state index contributed by atoms with van der Waals surface area (Å²) in [7, 11) is 0. The summed E-state index contributed by atoms with van der Waals surface area (Å²) in [6.07, 6.45) is 3.74. The Bertz CT molecular complexity index is 215. The molecule has 0 spiro atoms. The second-order valence-corrected chi connectivity index (χ2v) is 3.80. The Balaban J connectivity index is 2.31. The topological polar surface area (TPSA) is 61.2 Å². The van der Waals surface area contributed by atoms with Crippen LogP contribution in [0.4, 0.5) is 0 Å². The number of rotatable bonds is 6. The molecule has 1 atom stereocenters. The fourth-order valence-corrected chi connectivity index (χ4v) is 2.01. The van der Waals surface area contributed by atoms with Crippen molar-refractivity contribution in [1.82, 2.24) is 4.90 Å². The first-order valence-corrected chi connectivity index (χ1v) is 5.71. The molecule has 1 aliphatic heterocycles. The zero-order chi connectivity index (χ0) is 10.9. The van der Waals surface area contributed by atoms with Gasteiger partial charge in [-0.2, -0.15) is 0 Å². The largest absolute Gasteiger partial charge is 0.380 e. The molecule has 1 heterocycles. The van der Waals surface area contributed by atoms with Gasteiger partial charge in [-0.1, -0.05) is 11.5 Å². The molecule has 15 heavy (non-hydrogen) atoms. The maximum Gasteiger partial charge on any atom is 0.0621 e. The van der Waals surface area contributed by atoms with Gasteiger partial charge >= 0.3 is 0 Å². The summed E-state index contributed by atoms with van der Waals surface area (Å²) < 4.78 is 5.46. The molecule has 0 unspecified atom stereocenters. The molecule has 0 aromatic carbocycles. The second kappa shape index (κ2) is 7.51. The van der Waals surface area contributed by atoms with Gasteiger partial charge in [0.1, 0.15) is 0 Å². The Hall–Kier alpha value is -0.770. The highest BCUT2D eigenvalue weighted by Crippen LogP contribution is 2.16. The zero-order valence-corrected chi connectivity index (χ0v) is 9.43. The number of likely N-dealkylation sites (tertiary alicyclic amines) is 1. The normalized spacial score (nSPS) is 22.3. The SMILES string of the molecule is CCOC[C@@H]1CCCCN1CCN=[N+]=[N-]. The fraction of sp³-hybridized carbons (Fsp3) is 1.00. The van der Waals surface area contributed by atoms with Crippen molar-refractivity contribution in [2.24, 2.45) is 5.11 Å². The van der Waals surface area contributed by atoms with Gasteiger partial charge in [-0.3, -0.25) is 4.90 Å². The first-order chi connectivity index (χ1) is 7.38. The molecule has 86 valence electrons. The third-order valence-electron chi connectivity index (χ3n) is 2.81. The summed E-state index contributed by atoms with van der Waals surface area (Å²) in [5.74, 6) is 0. The van der Waals surface area contributed by atoms with Gasteiger partial charge in [0.2, 0.25) is 0 Å². The standard InChI is InChI=1S/C10H20N4O/c1-2-15-9-10-5-3-4-7-14(10)8-6-12-13-11/h10H,2-9H2,1H3/t10-/m0/s1. The number of hydrogen-bond donors (Lipinski definition) is 0. The van der Waals surface area contributed by atoms with E-state index in [1.54, 1.807) is 0 Å². The van der Waals surface area contributed by atoms with Crippen molar-refractivity contribution in [3.63, 3.8) is 0 Å². The first kappa shape index (κ1) is 12.3. The first-order valence-electron chi connectivity index (χ1n) is 5.71. The van der Waals surface area contributed by atoms with Crippen LogP contribution in [0, 0.1) is 0 Å². The van der Waals surface area contributed by atoms with E-state index in [4.69, 9.17) is 10.3 Å². The summed E-state index contributed by atoms with van der Waals surface area (Å²) in [5, 5.41) is 3.58. The number of azide groups is 1. The van der Waals surface area contributed by atoms with Gasteiger partial charge in [-0.05, 0) is 31.8 Å². The maximum atomic E-state index is 8.22. The molecule has 0 aromatic heterocycles. The van der Waals surface area contributed by atoms with E-state index in [1.807, 2.05) is 6.92 Å². The number of hydrogen-bond acceptors (Lipinski definition) is 3. The predicted octanol–water partition coefficient (Wildman–Crippen LogP) is 2.19. The molecule has 1 aliphatic rings. The summed E-state index contributed by atoms with van der Waals surface area (Å²) >= 11 is 0. The third kappa shape index (κ3) is 4.51. The highest BCUT2D eigenvalue weighted by atomic mass is 16.5. The van der Waals surface area contributed by atoms with Crippen molar-refractivity contribution in [3.05, 3.63) is 10.4 Å². The molecule has 5 nitrogen and oxygen atoms in total. The minimum Gasteiger partial charge on any atom is -0.380 e. The fourth-order valence-electron chi connectivity index (χ4n) is 2.01. The second-order valence-electron chi connectivity index (χ2n) is 3.80. The van der Waals surface area contributed by atoms with Crippen LogP contribution in [-0.2, 0) is 4.74 Å². The quantitative estimate of drug-likeness (QED) is 0.385. The molecule has 0 N–H and O–H groups in total. The van der Waals surface area contributed by atoms with E-state index in [0.29, 0.717) is 12.6 Å². The minimum atomic E-state index is 0.521. The van der Waals surface area contributed by atoms with Crippen molar-refractivity contribution in [3.8, 4) is 0 Å². The smallest absolute Gasteiger partial charge is 0.0621 e. The van der Waals surface area contributed by atoms with Crippen LogP contribution in [0.5, 0.6) is 0 Å². The highest BCUT2D eigenvalue weighted by molar-refractivity contribution is 4.77. The van der Waals surface area contributed by atoms with Crippen molar-refractivity contribution < 1.29 is 4.74 Å². The Kier molecular flexibility index (Phi) is 6.16. The van der Waals surface area contributed by atoms with Crippen molar-refractivity contribution in [2.45, 2.75) is 32.2 Å². The number of nitrogens with zero attached hydrogens (tertiary/aromatic N) is 4. The van der Waals surface area contributed by atoms with Crippen LogP contribution in [0.15, 0.2) is 5.11 Å². The summed E-state index contributed by atoms with van der Waals surface area (Å²) in [4.78, 5) is 5.16. The predicted molar refractivity (Wildman–Crippen MR) is 59.7 cm³/mol. The Labute approximate surface area is 91.0 Å². The zero-order valence-electron chi connectivity index (χ0n) is 9.43. The van der Waals surface area contributed by atoms with Crippen LogP contribution < -0.4 is 0 Å². The summed E-state index contributed by atoms with van der Waals surface area (Å²) in [6, 6.07) is 0.521. The van der Waals surface area contributed by atoms with Gasteiger partial charge in [0.05, 0.1) is 6.61 Å². The van der Waals surface area contributed by atoms with E-state index in [1.165, 1.54) is 19.3 Å². The molecule has 0 radical (unpaired) electrons. The van der Waals surface area contributed by atoms with Gasteiger partial charge in [-0.25, -0.2) is 0 Å². The Morgan fingerprint density at radius 1 is 1.53 bits per heavy atom. The molecular weight excluding hydrogens is 192 g/mol. The highest BCUT2D eigenvalue weighted by Gasteiger charge is 2.21. The van der Waals surface area contributed by atoms with E-state index in [2.05, 4.69) is 14.9 Å². The molecule has 1 rings (SSSR count). The van der Waals surface area contributed by atoms with Crippen LogP contribution in [0.2, 0.25) is 0 Å². The molecular formula is C10H20N4O. The van der Waals surface area contributed by atoms with Crippen molar-refractivity contribution in [2.75, 3.05) is 32.8 Å². The molecule has 0 aromatic rings. The molecule has 1 fully saturated rings. The van der Waals surface area contributed by atoms with Crippen LogP contribution >= 0.6 is 0 Å². The van der Waals surface area contributed by atoms with Gasteiger partial charge in [0.25, 0.3) is 0 Å².